The molecular weight excluding hydrogens is 182 g/mol. The van der Waals surface area contributed by atoms with Crippen LogP contribution in [0.3, 0.4) is 0 Å². The molecule has 2 heteroatoms. The third kappa shape index (κ3) is 1.66. The van der Waals surface area contributed by atoms with Crippen LogP contribution in [-0.4, -0.2) is 6.04 Å². The van der Waals surface area contributed by atoms with Gasteiger partial charge in [0.1, 0.15) is 0 Å². The molecule has 1 aromatic carbocycles. The van der Waals surface area contributed by atoms with Gasteiger partial charge in [0, 0.05) is 16.8 Å². The first-order valence-electron chi connectivity index (χ1n) is 4.72. The van der Waals surface area contributed by atoms with Crippen LogP contribution in [0.5, 0.6) is 0 Å². The summed E-state index contributed by atoms with van der Waals surface area (Å²) in [6, 6.07) is 4.81. The van der Waals surface area contributed by atoms with Gasteiger partial charge in [-0.2, -0.15) is 0 Å². The molecule has 1 atom stereocenters. The lowest BCUT2D eigenvalue weighted by Crippen LogP contribution is -2.21. The number of benzene rings is 1. The molecule has 1 aromatic rings. The number of hydrogen-bond acceptors (Lipinski definition) is 1. The van der Waals surface area contributed by atoms with Gasteiger partial charge < -0.3 is 5.32 Å². The number of anilines is 1. The number of fused-ring (bicyclic) bond motifs is 1. The third-order valence-electron chi connectivity index (χ3n) is 2.63. The zero-order valence-corrected chi connectivity index (χ0v) is 8.78. The molecule has 13 heavy (non-hydrogen) atoms. The van der Waals surface area contributed by atoms with Gasteiger partial charge >= 0.3 is 0 Å². The van der Waals surface area contributed by atoms with Crippen molar-refractivity contribution in [3.05, 3.63) is 28.3 Å². The monoisotopic (exact) mass is 195 g/mol. The molecule has 0 bridgehead atoms. The first kappa shape index (κ1) is 8.89. The van der Waals surface area contributed by atoms with Crippen LogP contribution in [0, 0.1) is 6.92 Å². The van der Waals surface area contributed by atoms with Crippen molar-refractivity contribution in [3.8, 4) is 0 Å². The summed E-state index contributed by atoms with van der Waals surface area (Å²) >= 11 is 6.05. The lowest BCUT2D eigenvalue weighted by molar-refractivity contribution is 0.680. The second kappa shape index (κ2) is 3.22. The second-order valence-corrected chi connectivity index (χ2v) is 4.25. The predicted octanol–water partition coefficient (Wildman–Crippen LogP) is 3.40. The molecule has 1 nitrogen and oxygen atoms in total. The first-order valence-corrected chi connectivity index (χ1v) is 5.10. The molecule has 0 fully saturated rings. The highest BCUT2D eigenvalue weighted by Gasteiger charge is 2.14. The zero-order chi connectivity index (χ0) is 9.42. The Balaban J connectivity index is 2.43. The van der Waals surface area contributed by atoms with Crippen LogP contribution < -0.4 is 5.32 Å². The summed E-state index contributed by atoms with van der Waals surface area (Å²) in [5.41, 5.74) is 3.80. The summed E-state index contributed by atoms with van der Waals surface area (Å²) in [4.78, 5) is 0. The highest BCUT2D eigenvalue weighted by atomic mass is 35.5. The van der Waals surface area contributed by atoms with Crippen molar-refractivity contribution in [1.29, 1.82) is 0 Å². The van der Waals surface area contributed by atoms with E-state index >= 15 is 0 Å². The Morgan fingerprint density at radius 3 is 3.00 bits per heavy atom. The summed E-state index contributed by atoms with van der Waals surface area (Å²) in [6.07, 6.45) is 2.38. The average Bonchev–Trinajstić information content (AvgIpc) is 2.08. The maximum Gasteiger partial charge on any atom is 0.0455 e. The van der Waals surface area contributed by atoms with Gasteiger partial charge in [0.05, 0.1) is 0 Å². The largest absolute Gasteiger partial charge is 0.382 e. The van der Waals surface area contributed by atoms with Gasteiger partial charge in [0.15, 0.2) is 0 Å². The molecule has 0 amide bonds. The van der Waals surface area contributed by atoms with E-state index in [1.807, 2.05) is 6.07 Å². The first-order chi connectivity index (χ1) is 6.16. The molecule has 1 aliphatic rings. The molecule has 70 valence electrons. The smallest absolute Gasteiger partial charge is 0.0455 e. The Kier molecular flexibility index (Phi) is 2.20. The summed E-state index contributed by atoms with van der Waals surface area (Å²) < 4.78 is 0. The Morgan fingerprint density at radius 2 is 2.23 bits per heavy atom. The van der Waals surface area contributed by atoms with E-state index in [2.05, 4.69) is 25.2 Å². The highest BCUT2D eigenvalue weighted by molar-refractivity contribution is 6.31. The van der Waals surface area contributed by atoms with E-state index in [9.17, 15) is 0 Å². The van der Waals surface area contributed by atoms with E-state index in [1.165, 1.54) is 29.7 Å². The number of halogens is 1. The van der Waals surface area contributed by atoms with Crippen molar-refractivity contribution in [2.75, 3.05) is 5.32 Å². The van der Waals surface area contributed by atoms with E-state index in [4.69, 9.17) is 11.6 Å². The minimum absolute atomic E-state index is 0.575. The minimum Gasteiger partial charge on any atom is -0.382 e. The van der Waals surface area contributed by atoms with Crippen molar-refractivity contribution in [3.63, 3.8) is 0 Å². The van der Waals surface area contributed by atoms with Gasteiger partial charge in [-0.15, -0.1) is 0 Å². The molecule has 0 saturated carbocycles. The van der Waals surface area contributed by atoms with E-state index < -0.39 is 0 Å². The zero-order valence-electron chi connectivity index (χ0n) is 8.02. The number of hydrogen-bond donors (Lipinski definition) is 1. The minimum atomic E-state index is 0.575. The quantitative estimate of drug-likeness (QED) is 0.669. The fourth-order valence-corrected chi connectivity index (χ4v) is 1.96. The Bertz CT molecular complexity index is 333. The van der Waals surface area contributed by atoms with E-state index in [0.717, 1.165) is 5.02 Å². The Hall–Kier alpha value is -0.690. The third-order valence-corrected chi connectivity index (χ3v) is 3.04. The molecule has 0 radical (unpaired) electrons. The van der Waals surface area contributed by atoms with Gasteiger partial charge in [0.25, 0.3) is 0 Å². The summed E-state index contributed by atoms with van der Waals surface area (Å²) in [6.45, 7) is 4.26. The summed E-state index contributed by atoms with van der Waals surface area (Å²) in [5, 5.41) is 4.30. The maximum absolute atomic E-state index is 6.05. The lowest BCUT2D eigenvalue weighted by atomic mass is 9.97. The van der Waals surface area contributed by atoms with E-state index in [0.29, 0.717) is 6.04 Å². The fourth-order valence-electron chi connectivity index (χ4n) is 1.79. The fraction of sp³-hybridized carbons (Fsp3) is 0.455. The number of nitrogens with one attached hydrogen (secondary N) is 1. The van der Waals surface area contributed by atoms with Gasteiger partial charge in [-0.3, -0.25) is 0 Å². The Morgan fingerprint density at radius 1 is 1.46 bits per heavy atom. The maximum atomic E-state index is 6.05. The number of rotatable bonds is 0. The normalized spacial score (nSPS) is 20.7. The molecular formula is C11H14ClN. The van der Waals surface area contributed by atoms with Crippen LogP contribution in [0.4, 0.5) is 5.69 Å². The van der Waals surface area contributed by atoms with Crippen LogP contribution >= 0.6 is 11.6 Å². The van der Waals surface area contributed by atoms with Crippen LogP contribution in [-0.2, 0) is 6.42 Å². The SMILES string of the molecule is Cc1cc2c(cc1Cl)N[C@@H](C)CC2. The number of aryl methyl sites for hydroxylation is 2. The van der Waals surface area contributed by atoms with Gasteiger partial charge in [-0.05, 0) is 43.9 Å². The average molecular weight is 196 g/mol. The van der Waals surface area contributed by atoms with Crippen molar-refractivity contribution in [1.82, 2.24) is 0 Å². The summed E-state index contributed by atoms with van der Waals surface area (Å²) in [5.74, 6) is 0. The molecule has 1 N–H and O–H groups in total. The topological polar surface area (TPSA) is 12.0 Å². The van der Waals surface area contributed by atoms with Gasteiger partial charge in [-0.1, -0.05) is 17.7 Å². The van der Waals surface area contributed by atoms with Crippen LogP contribution in [0.25, 0.3) is 0 Å². The van der Waals surface area contributed by atoms with Crippen LogP contribution in [0.15, 0.2) is 12.1 Å². The molecule has 1 heterocycles. The van der Waals surface area contributed by atoms with E-state index in [-0.39, 0.29) is 0 Å². The van der Waals surface area contributed by atoms with Crippen molar-refractivity contribution in [2.24, 2.45) is 0 Å². The molecule has 0 spiro atoms. The molecule has 2 rings (SSSR count). The molecule has 0 unspecified atom stereocenters. The molecule has 1 aliphatic heterocycles. The van der Waals surface area contributed by atoms with Crippen molar-refractivity contribution in [2.45, 2.75) is 32.7 Å². The standard InChI is InChI=1S/C11H14ClN/c1-7-5-9-4-3-8(2)13-11(9)6-10(7)12/h5-6,8,13H,3-4H2,1-2H3/t8-/m0/s1. The van der Waals surface area contributed by atoms with Crippen LogP contribution in [0.1, 0.15) is 24.5 Å². The molecule has 0 aromatic heterocycles. The van der Waals surface area contributed by atoms with Gasteiger partial charge in [0.2, 0.25) is 0 Å². The summed E-state index contributed by atoms with van der Waals surface area (Å²) in [7, 11) is 0. The highest BCUT2D eigenvalue weighted by Crippen LogP contribution is 2.29. The van der Waals surface area contributed by atoms with Crippen molar-refractivity contribution < 1.29 is 0 Å². The van der Waals surface area contributed by atoms with Crippen LogP contribution in [0.2, 0.25) is 5.02 Å². The molecule has 0 aliphatic carbocycles. The predicted molar refractivity (Wildman–Crippen MR) is 57.6 cm³/mol. The molecule has 0 saturated heterocycles. The Labute approximate surface area is 84.1 Å². The second-order valence-electron chi connectivity index (χ2n) is 3.84. The lowest BCUT2D eigenvalue weighted by Gasteiger charge is -2.24. The van der Waals surface area contributed by atoms with Crippen molar-refractivity contribution >= 4 is 17.3 Å². The van der Waals surface area contributed by atoms with Gasteiger partial charge in [-0.25, -0.2) is 0 Å². The van der Waals surface area contributed by atoms with E-state index in [1.54, 1.807) is 0 Å².